The van der Waals surface area contributed by atoms with Gasteiger partial charge in [0.2, 0.25) is 5.76 Å². The number of carbonyl (C=O) groups excluding carboxylic acids is 3. The smallest absolute Gasteiger partial charge is 0.379 e. The zero-order valence-electron chi connectivity index (χ0n) is 12.8. The van der Waals surface area contributed by atoms with Crippen molar-refractivity contribution in [1.29, 1.82) is 0 Å². The Labute approximate surface area is 133 Å². The van der Waals surface area contributed by atoms with Crippen molar-refractivity contribution in [3.05, 3.63) is 53.5 Å². The van der Waals surface area contributed by atoms with Crippen LogP contribution in [-0.2, 0) is 4.74 Å². The number of hydrogen-bond acceptors (Lipinski definition) is 6. The standard InChI is InChI=1S/C17H16O6/c1-3-13(18)11-7-5-8-12(16(19)21-4-2)15(11)23-17(20)14-9-6-10-22-14/h5-10H,3-4H2,1-2H3. The minimum atomic E-state index is -0.795. The van der Waals surface area contributed by atoms with Gasteiger partial charge in [-0.25, -0.2) is 9.59 Å². The highest BCUT2D eigenvalue weighted by Crippen LogP contribution is 2.27. The third-order valence-electron chi connectivity index (χ3n) is 3.05. The van der Waals surface area contributed by atoms with E-state index in [1.807, 2.05) is 0 Å². The van der Waals surface area contributed by atoms with Crippen LogP contribution in [0.25, 0.3) is 0 Å². The number of ether oxygens (including phenoxy) is 2. The first kappa shape index (κ1) is 16.5. The molecule has 1 aromatic heterocycles. The SMILES string of the molecule is CCOC(=O)c1cccc(C(=O)CC)c1OC(=O)c1ccco1. The van der Waals surface area contributed by atoms with E-state index in [1.165, 1.54) is 30.5 Å². The van der Waals surface area contributed by atoms with Gasteiger partial charge in [0.1, 0.15) is 5.56 Å². The molecule has 0 spiro atoms. The summed E-state index contributed by atoms with van der Waals surface area (Å²) < 4.78 is 15.2. The van der Waals surface area contributed by atoms with Gasteiger partial charge in [-0.1, -0.05) is 13.0 Å². The van der Waals surface area contributed by atoms with Crippen molar-refractivity contribution < 1.29 is 28.3 Å². The van der Waals surface area contributed by atoms with Gasteiger partial charge in [0.25, 0.3) is 0 Å². The number of benzene rings is 1. The Hall–Kier alpha value is -2.89. The number of para-hydroxylation sites is 1. The van der Waals surface area contributed by atoms with Crippen molar-refractivity contribution in [3.63, 3.8) is 0 Å². The number of rotatable bonds is 6. The molecule has 0 aliphatic heterocycles. The molecular weight excluding hydrogens is 300 g/mol. The van der Waals surface area contributed by atoms with Crippen molar-refractivity contribution in [2.75, 3.05) is 6.61 Å². The average Bonchev–Trinajstić information content (AvgIpc) is 3.09. The number of furan rings is 1. The van der Waals surface area contributed by atoms with Gasteiger partial charge in [-0.15, -0.1) is 0 Å². The minimum absolute atomic E-state index is 0.0195. The molecular formula is C17H16O6. The van der Waals surface area contributed by atoms with E-state index < -0.39 is 11.9 Å². The van der Waals surface area contributed by atoms with Crippen LogP contribution < -0.4 is 4.74 Å². The van der Waals surface area contributed by atoms with Gasteiger partial charge in [0.15, 0.2) is 11.5 Å². The highest BCUT2D eigenvalue weighted by Gasteiger charge is 2.24. The van der Waals surface area contributed by atoms with Crippen molar-refractivity contribution in [3.8, 4) is 5.75 Å². The van der Waals surface area contributed by atoms with Crippen LogP contribution >= 0.6 is 0 Å². The molecule has 0 bridgehead atoms. The Kier molecular flexibility index (Phi) is 5.30. The van der Waals surface area contributed by atoms with E-state index in [2.05, 4.69) is 0 Å². The molecule has 0 fully saturated rings. The molecule has 2 aromatic rings. The van der Waals surface area contributed by atoms with Crippen LogP contribution in [-0.4, -0.2) is 24.3 Å². The van der Waals surface area contributed by atoms with E-state index in [-0.39, 0.29) is 41.4 Å². The van der Waals surface area contributed by atoms with Crippen LogP contribution in [0.1, 0.15) is 51.5 Å². The normalized spacial score (nSPS) is 10.2. The van der Waals surface area contributed by atoms with Gasteiger partial charge in [0, 0.05) is 6.42 Å². The van der Waals surface area contributed by atoms with Gasteiger partial charge < -0.3 is 13.9 Å². The third kappa shape index (κ3) is 3.66. The topological polar surface area (TPSA) is 82.8 Å². The maximum atomic E-state index is 12.1. The molecule has 0 saturated heterocycles. The summed E-state index contributed by atoms with van der Waals surface area (Å²) in [5.41, 5.74) is 0.170. The first-order chi connectivity index (χ1) is 11.1. The molecule has 0 saturated carbocycles. The van der Waals surface area contributed by atoms with Crippen LogP contribution in [0.3, 0.4) is 0 Å². The summed E-state index contributed by atoms with van der Waals surface area (Å²) in [7, 11) is 0. The molecule has 0 amide bonds. The molecule has 6 heteroatoms. The first-order valence-electron chi connectivity index (χ1n) is 7.17. The molecule has 6 nitrogen and oxygen atoms in total. The summed E-state index contributed by atoms with van der Waals surface area (Å²) in [5, 5.41) is 0. The molecule has 0 aliphatic rings. The summed E-state index contributed by atoms with van der Waals surface area (Å²) >= 11 is 0. The maximum Gasteiger partial charge on any atom is 0.379 e. The third-order valence-corrected chi connectivity index (χ3v) is 3.05. The van der Waals surface area contributed by atoms with Gasteiger partial charge in [-0.2, -0.15) is 0 Å². The van der Waals surface area contributed by atoms with Crippen molar-refractivity contribution >= 4 is 17.7 Å². The quantitative estimate of drug-likeness (QED) is 0.462. The first-order valence-corrected chi connectivity index (χ1v) is 7.17. The summed E-state index contributed by atoms with van der Waals surface area (Å²) in [5.74, 6) is -1.85. The minimum Gasteiger partial charge on any atom is -0.462 e. The van der Waals surface area contributed by atoms with E-state index >= 15 is 0 Å². The Balaban J connectivity index is 2.45. The molecule has 120 valence electrons. The fourth-order valence-corrected chi connectivity index (χ4v) is 1.96. The predicted octanol–water partition coefficient (Wildman–Crippen LogP) is 3.27. The highest BCUT2D eigenvalue weighted by atomic mass is 16.6. The molecule has 1 heterocycles. The molecule has 0 radical (unpaired) electrons. The molecule has 0 unspecified atom stereocenters. The highest BCUT2D eigenvalue weighted by molar-refractivity contribution is 6.04. The van der Waals surface area contributed by atoms with Crippen LogP contribution in [0, 0.1) is 0 Å². The van der Waals surface area contributed by atoms with E-state index in [4.69, 9.17) is 13.9 Å². The van der Waals surface area contributed by atoms with Crippen LogP contribution in [0.4, 0.5) is 0 Å². The monoisotopic (exact) mass is 316 g/mol. The lowest BCUT2D eigenvalue weighted by Gasteiger charge is -2.12. The fourth-order valence-electron chi connectivity index (χ4n) is 1.96. The number of esters is 2. The number of hydrogen-bond donors (Lipinski definition) is 0. The Bertz CT molecular complexity index is 715. The van der Waals surface area contributed by atoms with Crippen molar-refractivity contribution in [2.24, 2.45) is 0 Å². The second-order valence-corrected chi connectivity index (χ2v) is 4.55. The Morgan fingerprint density at radius 1 is 1.00 bits per heavy atom. The van der Waals surface area contributed by atoms with Crippen molar-refractivity contribution in [2.45, 2.75) is 20.3 Å². The van der Waals surface area contributed by atoms with Crippen molar-refractivity contribution in [1.82, 2.24) is 0 Å². The van der Waals surface area contributed by atoms with Crippen LogP contribution in [0.5, 0.6) is 5.75 Å². The summed E-state index contributed by atoms with van der Waals surface area (Å²) in [6.45, 7) is 3.50. The second kappa shape index (κ2) is 7.40. The molecule has 1 aromatic carbocycles. The summed E-state index contributed by atoms with van der Waals surface area (Å²) in [6.07, 6.45) is 1.53. The number of ketones is 1. The number of carbonyl (C=O) groups is 3. The van der Waals surface area contributed by atoms with E-state index in [9.17, 15) is 14.4 Å². The molecule has 2 rings (SSSR count). The molecule has 0 N–H and O–H groups in total. The van der Waals surface area contributed by atoms with Crippen LogP contribution in [0.15, 0.2) is 41.0 Å². The van der Waals surface area contributed by atoms with Gasteiger partial charge in [-0.05, 0) is 31.2 Å². The largest absolute Gasteiger partial charge is 0.462 e. The lowest BCUT2D eigenvalue weighted by atomic mass is 10.0. The van der Waals surface area contributed by atoms with Gasteiger partial charge >= 0.3 is 11.9 Å². The van der Waals surface area contributed by atoms with E-state index in [0.717, 1.165) is 0 Å². The van der Waals surface area contributed by atoms with E-state index in [0.29, 0.717) is 0 Å². The summed E-state index contributed by atoms with van der Waals surface area (Å²) in [4.78, 5) is 36.2. The lowest BCUT2D eigenvalue weighted by Crippen LogP contribution is -2.15. The van der Waals surface area contributed by atoms with Crippen LogP contribution in [0.2, 0.25) is 0 Å². The molecule has 0 atom stereocenters. The fraction of sp³-hybridized carbons (Fsp3) is 0.235. The number of Topliss-reactive ketones (excluding diaryl/α,β-unsaturated/α-hetero) is 1. The Morgan fingerprint density at radius 2 is 1.74 bits per heavy atom. The Morgan fingerprint density at radius 3 is 2.35 bits per heavy atom. The zero-order chi connectivity index (χ0) is 16.8. The maximum absolute atomic E-state index is 12.1. The van der Waals surface area contributed by atoms with Gasteiger partial charge in [-0.3, -0.25) is 4.79 Å². The average molecular weight is 316 g/mol. The zero-order valence-corrected chi connectivity index (χ0v) is 12.8. The molecule has 23 heavy (non-hydrogen) atoms. The summed E-state index contributed by atoms with van der Waals surface area (Å²) in [6, 6.07) is 7.44. The predicted molar refractivity (Wildman–Crippen MR) is 80.7 cm³/mol. The van der Waals surface area contributed by atoms with Gasteiger partial charge in [0.05, 0.1) is 18.4 Å². The lowest BCUT2D eigenvalue weighted by molar-refractivity contribution is 0.0519. The van der Waals surface area contributed by atoms with E-state index in [1.54, 1.807) is 19.9 Å². The molecule has 0 aliphatic carbocycles. The second-order valence-electron chi connectivity index (χ2n) is 4.55.